The standard InChI is InChI=1S/C16H20N2O4S/c1-10(2)18(8-7-13(19)21-4)16(20)14-11(3)23-15(17-14)12-6-5-9-22-12/h5-6,9-10H,7-8H2,1-4H3. The third kappa shape index (κ3) is 3.98. The summed E-state index contributed by atoms with van der Waals surface area (Å²) in [6.07, 6.45) is 1.74. The first kappa shape index (κ1) is 17.2. The SMILES string of the molecule is COC(=O)CCN(C(=O)c1nc(-c2ccco2)sc1C)C(C)C. The van der Waals surface area contributed by atoms with Crippen molar-refractivity contribution in [2.45, 2.75) is 33.2 Å². The van der Waals surface area contributed by atoms with Crippen LogP contribution in [0.4, 0.5) is 0 Å². The summed E-state index contributed by atoms with van der Waals surface area (Å²) in [6, 6.07) is 3.55. The molecule has 0 saturated carbocycles. The van der Waals surface area contributed by atoms with Gasteiger partial charge in [-0.2, -0.15) is 0 Å². The molecule has 0 saturated heterocycles. The topological polar surface area (TPSA) is 72.6 Å². The summed E-state index contributed by atoms with van der Waals surface area (Å²) >= 11 is 1.41. The van der Waals surface area contributed by atoms with Crippen LogP contribution < -0.4 is 0 Å². The molecule has 0 aliphatic carbocycles. The summed E-state index contributed by atoms with van der Waals surface area (Å²) in [7, 11) is 1.34. The van der Waals surface area contributed by atoms with Gasteiger partial charge in [0.2, 0.25) is 0 Å². The number of methoxy groups -OCH3 is 1. The second-order valence-corrected chi connectivity index (χ2v) is 6.52. The van der Waals surface area contributed by atoms with Crippen LogP contribution in [0.15, 0.2) is 22.8 Å². The maximum Gasteiger partial charge on any atom is 0.307 e. The molecule has 0 spiro atoms. The maximum atomic E-state index is 12.8. The summed E-state index contributed by atoms with van der Waals surface area (Å²) in [5.41, 5.74) is 0.403. The first-order chi connectivity index (χ1) is 10.9. The Balaban J connectivity index is 2.21. The van der Waals surface area contributed by atoms with Gasteiger partial charge >= 0.3 is 5.97 Å². The number of rotatable bonds is 6. The van der Waals surface area contributed by atoms with Gasteiger partial charge in [0.25, 0.3) is 5.91 Å². The molecule has 7 heteroatoms. The van der Waals surface area contributed by atoms with E-state index in [9.17, 15) is 9.59 Å². The Morgan fingerprint density at radius 3 is 2.74 bits per heavy atom. The molecule has 0 atom stereocenters. The van der Waals surface area contributed by atoms with Crippen molar-refractivity contribution in [1.29, 1.82) is 0 Å². The van der Waals surface area contributed by atoms with E-state index in [2.05, 4.69) is 9.72 Å². The molecule has 0 radical (unpaired) electrons. The number of nitrogens with zero attached hydrogens (tertiary/aromatic N) is 2. The van der Waals surface area contributed by atoms with Gasteiger partial charge < -0.3 is 14.1 Å². The summed E-state index contributed by atoms with van der Waals surface area (Å²) < 4.78 is 9.97. The fourth-order valence-electron chi connectivity index (χ4n) is 2.14. The van der Waals surface area contributed by atoms with Crippen LogP contribution in [0, 0.1) is 6.92 Å². The third-order valence-corrected chi connectivity index (χ3v) is 4.39. The van der Waals surface area contributed by atoms with Crippen molar-refractivity contribution in [2.24, 2.45) is 0 Å². The molecule has 2 aromatic rings. The fourth-order valence-corrected chi connectivity index (χ4v) is 3.02. The van der Waals surface area contributed by atoms with Crippen molar-refractivity contribution in [2.75, 3.05) is 13.7 Å². The molecule has 0 aromatic carbocycles. The van der Waals surface area contributed by atoms with E-state index in [1.54, 1.807) is 17.2 Å². The maximum absolute atomic E-state index is 12.8. The molecule has 0 unspecified atom stereocenters. The number of carbonyl (C=O) groups excluding carboxylic acids is 2. The summed E-state index contributed by atoms with van der Waals surface area (Å²) in [4.78, 5) is 31.0. The molecular weight excluding hydrogens is 316 g/mol. The van der Waals surface area contributed by atoms with Crippen LogP contribution in [-0.4, -0.2) is 41.5 Å². The summed E-state index contributed by atoms with van der Waals surface area (Å²) in [6.45, 7) is 5.97. The number of ether oxygens (including phenoxy) is 1. The Bertz CT molecular complexity index is 676. The van der Waals surface area contributed by atoms with Crippen molar-refractivity contribution in [3.8, 4) is 10.8 Å². The highest BCUT2D eigenvalue weighted by Gasteiger charge is 2.25. The van der Waals surface area contributed by atoms with Gasteiger partial charge in [-0.1, -0.05) is 0 Å². The first-order valence-corrected chi connectivity index (χ1v) is 8.14. The fraction of sp³-hybridized carbons (Fsp3) is 0.438. The van der Waals surface area contributed by atoms with Gasteiger partial charge in [-0.25, -0.2) is 4.98 Å². The van der Waals surface area contributed by atoms with Crippen LogP contribution in [0.3, 0.4) is 0 Å². The highest BCUT2D eigenvalue weighted by atomic mass is 32.1. The lowest BCUT2D eigenvalue weighted by molar-refractivity contribution is -0.140. The number of hydrogen-bond donors (Lipinski definition) is 0. The molecule has 0 aliphatic rings. The number of furan rings is 1. The quantitative estimate of drug-likeness (QED) is 0.758. The summed E-state index contributed by atoms with van der Waals surface area (Å²) in [5.74, 6) is 0.119. The molecule has 0 fully saturated rings. The first-order valence-electron chi connectivity index (χ1n) is 7.33. The van der Waals surface area contributed by atoms with E-state index < -0.39 is 0 Å². The molecule has 2 aromatic heterocycles. The lowest BCUT2D eigenvalue weighted by atomic mass is 10.2. The molecule has 23 heavy (non-hydrogen) atoms. The summed E-state index contributed by atoms with van der Waals surface area (Å²) in [5, 5.41) is 0.674. The average Bonchev–Trinajstić information content (AvgIpc) is 3.15. The predicted molar refractivity (Wildman–Crippen MR) is 87.4 cm³/mol. The van der Waals surface area contributed by atoms with Crippen LogP contribution in [0.1, 0.15) is 35.6 Å². The number of hydrogen-bond acceptors (Lipinski definition) is 6. The predicted octanol–water partition coefficient (Wildman–Crippen LogP) is 3.13. The average molecular weight is 336 g/mol. The molecule has 0 bridgehead atoms. The number of esters is 1. The van der Waals surface area contributed by atoms with E-state index in [-0.39, 0.29) is 24.3 Å². The van der Waals surface area contributed by atoms with Crippen molar-refractivity contribution in [1.82, 2.24) is 9.88 Å². The Labute approximate surface area is 139 Å². The highest BCUT2D eigenvalue weighted by Crippen LogP contribution is 2.28. The zero-order valence-electron chi connectivity index (χ0n) is 13.7. The Morgan fingerprint density at radius 2 is 2.17 bits per heavy atom. The largest absolute Gasteiger partial charge is 0.469 e. The molecule has 1 amide bonds. The number of thiazole rings is 1. The van der Waals surface area contributed by atoms with E-state index in [4.69, 9.17) is 4.42 Å². The normalized spacial score (nSPS) is 10.8. The van der Waals surface area contributed by atoms with Crippen molar-refractivity contribution < 1.29 is 18.7 Å². The monoisotopic (exact) mass is 336 g/mol. The second kappa shape index (κ2) is 7.41. The van der Waals surface area contributed by atoms with E-state index in [0.29, 0.717) is 23.0 Å². The highest BCUT2D eigenvalue weighted by molar-refractivity contribution is 7.15. The van der Waals surface area contributed by atoms with Crippen molar-refractivity contribution in [3.63, 3.8) is 0 Å². The van der Waals surface area contributed by atoms with Gasteiger partial charge in [0.1, 0.15) is 5.69 Å². The van der Waals surface area contributed by atoms with Crippen LogP contribution in [0.25, 0.3) is 10.8 Å². The Hall–Kier alpha value is -2.15. The van der Waals surface area contributed by atoms with Crippen molar-refractivity contribution >= 4 is 23.2 Å². The molecule has 124 valence electrons. The molecule has 2 rings (SSSR count). The van der Waals surface area contributed by atoms with Gasteiger partial charge in [0.05, 0.1) is 19.8 Å². The van der Waals surface area contributed by atoms with E-state index in [1.807, 2.05) is 26.8 Å². The zero-order chi connectivity index (χ0) is 17.0. The van der Waals surface area contributed by atoms with Crippen LogP contribution in [-0.2, 0) is 9.53 Å². The van der Waals surface area contributed by atoms with Gasteiger partial charge in [0, 0.05) is 17.5 Å². The van der Waals surface area contributed by atoms with E-state index >= 15 is 0 Å². The number of aromatic nitrogens is 1. The number of amides is 1. The van der Waals surface area contributed by atoms with Crippen LogP contribution in [0.5, 0.6) is 0 Å². The molecule has 6 nitrogen and oxygen atoms in total. The molecular formula is C16H20N2O4S. The van der Waals surface area contributed by atoms with Gasteiger partial charge in [-0.05, 0) is 32.9 Å². The lowest BCUT2D eigenvalue weighted by Gasteiger charge is -2.25. The van der Waals surface area contributed by atoms with Gasteiger partial charge in [-0.3, -0.25) is 9.59 Å². The van der Waals surface area contributed by atoms with E-state index in [1.165, 1.54) is 18.4 Å². The van der Waals surface area contributed by atoms with Crippen molar-refractivity contribution in [3.05, 3.63) is 29.0 Å². The number of carbonyl (C=O) groups is 2. The smallest absolute Gasteiger partial charge is 0.307 e. The minimum atomic E-state index is -0.338. The zero-order valence-corrected chi connectivity index (χ0v) is 14.5. The molecule has 2 heterocycles. The van der Waals surface area contributed by atoms with Crippen LogP contribution >= 0.6 is 11.3 Å². The number of aryl methyl sites for hydroxylation is 1. The molecule has 0 aliphatic heterocycles. The minimum Gasteiger partial charge on any atom is -0.469 e. The van der Waals surface area contributed by atoms with E-state index in [0.717, 1.165) is 4.88 Å². The minimum absolute atomic E-state index is 0.0414. The third-order valence-electron chi connectivity index (χ3n) is 3.40. The molecule has 0 N–H and O–H groups in total. The Morgan fingerprint density at radius 1 is 1.43 bits per heavy atom. The van der Waals surface area contributed by atoms with Gasteiger partial charge in [-0.15, -0.1) is 11.3 Å². The Kier molecular flexibility index (Phi) is 5.54. The second-order valence-electron chi connectivity index (χ2n) is 5.32. The van der Waals surface area contributed by atoms with Gasteiger partial charge in [0.15, 0.2) is 10.8 Å². The lowest BCUT2D eigenvalue weighted by Crippen LogP contribution is -2.39. The van der Waals surface area contributed by atoms with Crippen LogP contribution in [0.2, 0.25) is 0 Å².